The number of thiol groups is 2. The molecule has 0 saturated carbocycles. The Bertz CT molecular complexity index is 2070. The molecule has 0 aliphatic carbocycles. The van der Waals surface area contributed by atoms with Gasteiger partial charge in [0.15, 0.2) is 11.5 Å². The molecule has 29 heteroatoms. The molecule has 0 saturated heterocycles. The zero-order chi connectivity index (χ0) is 50.2. The standard InChI is InChI=1S/C13H11NO3.C7H6ClNO3.C7H8.C6H7BO2.2C2H4O2.3K.HO4P.HOPS2.Pd/c1-17-13-9-11(7-8-12(13)14(15)16)10-5-3-2-4-6-10;1-12-7-4-5(8)2-3-6(7)9(10)11;1-7-5-3-2-4-6-7;8-7(9)6-4-2-1-3-5-6;2*1-2(3)4;;;;1-4-5(2)3;1-2(3)4;/h2-9H,1H3;2-4H,1H3;2-6H,1H3;1-5,8-9H;2*1H3,(H,3,4);;;;1H;(H-,1,3,4);/q;;;;;;;;+1;;;. The fourth-order valence-electron chi connectivity index (χ4n) is 3.60. The Balaban J connectivity index is -0.000000164. The summed E-state index contributed by atoms with van der Waals surface area (Å²) in [6, 6.07) is 37.6. The Morgan fingerprint density at radius 3 is 1.29 bits per heavy atom. The summed E-state index contributed by atoms with van der Waals surface area (Å²) in [5.74, 6) is -1.22. The summed E-state index contributed by atoms with van der Waals surface area (Å²) >= 11 is 14.8. The largest absolute Gasteiger partial charge is 0 e. The molecule has 0 fully saturated rings. The molecule has 0 aromatic heterocycles. The van der Waals surface area contributed by atoms with Crippen LogP contribution in [0.3, 0.4) is 0 Å². The Labute approximate surface area is 500 Å². The first-order chi connectivity index (χ1) is 30.0. The van der Waals surface area contributed by atoms with Gasteiger partial charge in [0.2, 0.25) is 0 Å². The number of methoxy groups -OCH3 is 2. The van der Waals surface area contributed by atoms with Gasteiger partial charge >= 0.3 is 147 Å². The third kappa shape index (κ3) is 49.1. The molecule has 5 rings (SSSR count). The van der Waals surface area contributed by atoms with Crippen LogP contribution in [0.15, 0.2) is 127 Å². The third-order valence-electron chi connectivity index (χ3n) is 5.92. The van der Waals surface area contributed by atoms with Crippen LogP contribution in [-0.4, -0.2) is 127 Å². The minimum Gasteiger partial charge on any atom is 0 e. The van der Waals surface area contributed by atoms with Crippen LogP contribution in [0.1, 0.15) is 19.4 Å². The number of rotatable bonds is 7. The van der Waals surface area contributed by atoms with Crippen LogP contribution >= 0.6 is 50.6 Å². The first kappa shape index (κ1) is 77.5. The van der Waals surface area contributed by atoms with Gasteiger partial charge in [-0.1, -0.05) is 108 Å². The second kappa shape index (κ2) is 51.4. The van der Waals surface area contributed by atoms with E-state index >= 15 is 0 Å². The van der Waals surface area contributed by atoms with Crippen molar-refractivity contribution in [1.82, 2.24) is 0 Å². The van der Waals surface area contributed by atoms with Crippen molar-refractivity contribution in [3.8, 4) is 22.6 Å². The fourth-order valence-corrected chi connectivity index (χ4v) is 3.76. The van der Waals surface area contributed by atoms with Crippen molar-refractivity contribution >= 4 is 150 Å². The zero-order valence-electron chi connectivity index (χ0n) is 36.7. The number of hydrogen-bond acceptors (Lipinski definition) is 15. The molecule has 0 aliphatic heterocycles. The Morgan fingerprint density at radius 1 is 0.697 bits per heavy atom. The van der Waals surface area contributed by atoms with Gasteiger partial charge in [-0.3, -0.25) is 29.8 Å². The fraction of sp³-hybridized carbons (Fsp3) is 0.135. The number of carboxylic acids is 2. The van der Waals surface area contributed by atoms with Crippen LogP contribution in [0.5, 0.6) is 11.5 Å². The van der Waals surface area contributed by atoms with Gasteiger partial charge in [-0.15, -0.1) is 0 Å². The number of benzene rings is 5. The van der Waals surface area contributed by atoms with Crippen molar-refractivity contribution in [2.24, 2.45) is 0 Å². The number of aryl methyl sites for hydroxylation is 1. The molecule has 0 spiro atoms. The summed E-state index contributed by atoms with van der Waals surface area (Å²) in [4.78, 5) is 47.0. The summed E-state index contributed by atoms with van der Waals surface area (Å²) in [7, 11) is -1.71. The molecule has 5 aromatic carbocycles. The molecule has 0 amide bonds. The van der Waals surface area contributed by atoms with E-state index in [9.17, 15) is 24.8 Å². The van der Waals surface area contributed by atoms with E-state index in [2.05, 4.69) is 48.2 Å². The van der Waals surface area contributed by atoms with Crippen molar-refractivity contribution in [3.63, 3.8) is 0 Å². The summed E-state index contributed by atoms with van der Waals surface area (Å²) < 4.78 is 30.4. The second-order valence-electron chi connectivity index (χ2n) is 10.6. The Morgan fingerprint density at radius 2 is 1.02 bits per heavy atom. The first-order valence-corrected chi connectivity index (χ1v) is 38.5. The monoisotopic (exact) mass is 1180 g/mol. The van der Waals surface area contributed by atoms with Crippen LogP contribution in [-0.2, 0) is 43.8 Å². The molecule has 346 valence electrons. The molecular formula is C37H42BClK3N2O17P2PdS2+. The number of nitro groups is 2. The van der Waals surface area contributed by atoms with Gasteiger partial charge in [0.1, 0.15) is 24.5 Å². The van der Waals surface area contributed by atoms with E-state index in [1.807, 2.05) is 54.6 Å². The second-order valence-corrected chi connectivity index (χ2v) is 15.3. The smallest absolute Gasteiger partial charge is 0 e. The summed E-state index contributed by atoms with van der Waals surface area (Å²) in [6.07, 6.45) is -1.48. The Hall–Kier alpha value is 0.0664. The number of halogens is 1. The summed E-state index contributed by atoms with van der Waals surface area (Å²) in [5.41, 5.74) is 3.64. The number of carboxylic acid groups (broad SMARTS) is 2. The van der Waals surface area contributed by atoms with Crippen LogP contribution in [0.2, 0.25) is 5.02 Å². The van der Waals surface area contributed by atoms with Gasteiger partial charge in [0, 0.05) is 57.5 Å². The predicted molar refractivity (Wildman–Crippen MR) is 250 cm³/mol. The summed E-state index contributed by atoms with van der Waals surface area (Å²) in [5, 5.41) is 62.1. The normalized spacial score (nSPS) is 8.58. The van der Waals surface area contributed by atoms with Crippen LogP contribution < -0.4 is 76.5 Å². The number of aliphatic carboxylic acids is 2. The minimum absolute atomic E-state index is 0. The molecule has 5 aromatic rings. The molecule has 1 unspecified atom stereocenters. The zero-order valence-corrected chi connectivity index (χ0v) is 51.9. The maximum Gasteiger partial charge on any atom is 0 e. The van der Waals surface area contributed by atoms with Gasteiger partial charge in [-0.05, 0) is 50.8 Å². The van der Waals surface area contributed by atoms with Crippen molar-refractivity contribution < 1.29 is 145 Å². The quantitative estimate of drug-likeness (QED) is 0.0341. The number of nitro benzene ring substituents is 2. The van der Waals surface area contributed by atoms with Gasteiger partial charge < -0.3 is 39.9 Å². The molecule has 1 atom stereocenters. The van der Waals surface area contributed by atoms with Crippen molar-refractivity contribution in [2.45, 2.75) is 20.8 Å². The van der Waals surface area contributed by atoms with E-state index in [0.29, 0.717) is 10.5 Å². The van der Waals surface area contributed by atoms with Crippen LogP contribution in [0.25, 0.3) is 11.1 Å². The van der Waals surface area contributed by atoms with Crippen LogP contribution in [0, 0.1) is 27.2 Å². The molecule has 0 bridgehead atoms. The van der Waals surface area contributed by atoms with E-state index in [1.165, 1.54) is 107 Å². The van der Waals surface area contributed by atoms with Crippen LogP contribution in [0.4, 0.5) is 11.4 Å². The van der Waals surface area contributed by atoms with E-state index in [0.717, 1.165) is 25.0 Å². The van der Waals surface area contributed by atoms with E-state index < -0.39 is 43.4 Å². The number of ether oxygens (including phenoxy) is 2. The van der Waals surface area contributed by atoms with Gasteiger partial charge in [-0.2, -0.15) is 0 Å². The maximum absolute atomic E-state index is 10.8. The van der Waals surface area contributed by atoms with E-state index in [4.69, 9.17) is 65.6 Å². The molecular weight excluding hydrogens is 1140 g/mol. The third-order valence-corrected chi connectivity index (χ3v) is 6.28. The van der Waals surface area contributed by atoms with Gasteiger partial charge in [0.05, 0.1) is 24.1 Å². The number of hydrogen-bond donors (Lipinski definition) is 6. The molecule has 0 aliphatic rings. The average molecular weight is 1180 g/mol. The minimum atomic E-state index is -3.15. The van der Waals surface area contributed by atoms with Crippen molar-refractivity contribution in [2.75, 3.05) is 14.2 Å². The Kier molecular flexibility index (Phi) is 60.4. The SMILES string of the molecule is CC(=O)O.CC(=O)O.COc1cc(-c2ccccc2)ccc1[N+](=O)[O-].COc1cc(Cl)ccc1[N+](=O)[O-].Cc1ccccc1.O=[P+](S)S.O=[P+]([O-])O[O-].OB(O)c1ccccc1.[K+].[K][K].[Pd]. The van der Waals surface area contributed by atoms with E-state index in [1.54, 1.807) is 36.4 Å². The molecule has 0 heterocycles. The maximum atomic E-state index is 10.8. The number of carbonyl (C=O) groups is 2. The van der Waals surface area contributed by atoms with Gasteiger partial charge in [0.25, 0.3) is 11.9 Å². The molecule has 4 N–H and O–H groups in total. The van der Waals surface area contributed by atoms with Crippen molar-refractivity contribution in [3.05, 3.63) is 158 Å². The average Bonchev–Trinajstić information content (AvgIpc) is 3.25. The predicted octanol–water partition coefficient (Wildman–Crippen LogP) is 3.11. The first-order valence-electron chi connectivity index (χ1n) is 17.5. The van der Waals surface area contributed by atoms with Gasteiger partial charge in [-0.25, -0.2) is 4.67 Å². The van der Waals surface area contributed by atoms with E-state index in [-0.39, 0.29) is 94.7 Å². The summed E-state index contributed by atoms with van der Waals surface area (Å²) in [6.45, 7) is 4.25. The number of nitrogens with zero attached hydrogens (tertiary/aromatic N) is 2. The molecule has 66 heavy (non-hydrogen) atoms. The molecule has 0 radical (unpaired) electrons. The van der Waals surface area contributed by atoms with Crippen molar-refractivity contribution in [1.29, 1.82) is 0 Å². The molecule has 19 nitrogen and oxygen atoms in total. The topological polar surface area (TPSA) is 309 Å².